The predicted octanol–water partition coefficient (Wildman–Crippen LogP) is 3.55. The molecule has 3 heteroatoms. The van der Waals surface area contributed by atoms with Gasteiger partial charge in [0.25, 0.3) is 0 Å². The van der Waals surface area contributed by atoms with Gasteiger partial charge in [0.2, 0.25) is 0 Å². The normalized spacial score (nSPS) is 13.2. The lowest BCUT2D eigenvalue weighted by Crippen LogP contribution is -2.23. The van der Waals surface area contributed by atoms with Crippen LogP contribution in [0.3, 0.4) is 0 Å². The first-order chi connectivity index (χ1) is 9.03. The van der Waals surface area contributed by atoms with Crippen molar-refractivity contribution in [2.75, 3.05) is 0 Å². The van der Waals surface area contributed by atoms with E-state index in [0.29, 0.717) is 12.0 Å². The van der Waals surface area contributed by atoms with E-state index in [4.69, 9.17) is 5.10 Å². The summed E-state index contributed by atoms with van der Waals surface area (Å²) in [7, 11) is 0. The van der Waals surface area contributed by atoms with E-state index < -0.39 is 0 Å². The van der Waals surface area contributed by atoms with Crippen molar-refractivity contribution in [2.24, 2.45) is 5.92 Å². The highest BCUT2D eigenvalue weighted by Gasteiger charge is 2.16. The minimum Gasteiger partial charge on any atom is -0.310 e. The molecule has 0 aliphatic rings. The Morgan fingerprint density at radius 1 is 1.11 bits per heavy atom. The number of hydrogen-bond acceptors (Lipinski definition) is 2. The maximum Gasteiger partial charge on any atom is 0.0669 e. The molecule has 1 aromatic heterocycles. The summed E-state index contributed by atoms with van der Waals surface area (Å²) in [5, 5.41) is 8.38. The number of nitrogens with zero attached hydrogens (tertiary/aromatic N) is 2. The first kappa shape index (κ1) is 16.2. The van der Waals surface area contributed by atoms with Gasteiger partial charge in [0.1, 0.15) is 0 Å². The van der Waals surface area contributed by atoms with Crippen LogP contribution in [0.1, 0.15) is 64.9 Å². The molecular formula is C16H31N3. The molecule has 1 aromatic rings. The number of rotatable bonds is 8. The monoisotopic (exact) mass is 265 g/mol. The van der Waals surface area contributed by atoms with Crippen LogP contribution in [0.25, 0.3) is 0 Å². The quantitative estimate of drug-likeness (QED) is 0.779. The summed E-state index contributed by atoms with van der Waals surface area (Å²) in [5.74, 6) is 0.695. The van der Waals surface area contributed by atoms with Crippen LogP contribution in [-0.2, 0) is 25.9 Å². The standard InChI is InChI=1S/C16H31N3/c1-7-13(6)11-19-16(9-3)14(10-17-12(4)5)15(8-2)18-19/h12-13,17H,7-11H2,1-6H3. The lowest BCUT2D eigenvalue weighted by Gasteiger charge is -2.13. The fraction of sp³-hybridized carbons (Fsp3) is 0.812. The lowest BCUT2D eigenvalue weighted by atomic mass is 10.1. The Morgan fingerprint density at radius 3 is 2.26 bits per heavy atom. The number of nitrogens with one attached hydrogen (secondary N) is 1. The molecule has 1 N–H and O–H groups in total. The number of aromatic nitrogens is 2. The molecule has 0 saturated heterocycles. The summed E-state index contributed by atoms with van der Waals surface area (Å²) in [6.45, 7) is 15.4. The average Bonchev–Trinajstić information content (AvgIpc) is 2.72. The Hall–Kier alpha value is -0.830. The van der Waals surface area contributed by atoms with Crippen LogP contribution in [0.4, 0.5) is 0 Å². The van der Waals surface area contributed by atoms with E-state index >= 15 is 0 Å². The molecule has 0 amide bonds. The van der Waals surface area contributed by atoms with Crippen LogP contribution in [0, 0.1) is 5.92 Å². The van der Waals surface area contributed by atoms with Crippen molar-refractivity contribution in [3.8, 4) is 0 Å². The molecule has 110 valence electrons. The molecule has 0 aromatic carbocycles. The zero-order valence-corrected chi connectivity index (χ0v) is 13.6. The summed E-state index contributed by atoms with van der Waals surface area (Å²) in [6.07, 6.45) is 3.30. The maximum absolute atomic E-state index is 4.84. The Kier molecular flexibility index (Phi) is 6.56. The van der Waals surface area contributed by atoms with Crippen molar-refractivity contribution >= 4 is 0 Å². The van der Waals surface area contributed by atoms with E-state index in [1.54, 1.807) is 0 Å². The van der Waals surface area contributed by atoms with Gasteiger partial charge in [-0.15, -0.1) is 0 Å². The summed E-state index contributed by atoms with van der Waals surface area (Å²) < 4.78 is 2.25. The molecule has 0 bridgehead atoms. The Morgan fingerprint density at radius 2 is 1.79 bits per heavy atom. The topological polar surface area (TPSA) is 29.9 Å². The first-order valence-corrected chi connectivity index (χ1v) is 7.84. The highest BCUT2D eigenvalue weighted by molar-refractivity contribution is 5.27. The van der Waals surface area contributed by atoms with E-state index in [9.17, 15) is 0 Å². The van der Waals surface area contributed by atoms with Gasteiger partial charge in [0.15, 0.2) is 0 Å². The van der Waals surface area contributed by atoms with Crippen molar-refractivity contribution in [1.82, 2.24) is 15.1 Å². The second-order valence-electron chi connectivity index (χ2n) is 5.81. The molecule has 0 fully saturated rings. The van der Waals surface area contributed by atoms with Gasteiger partial charge >= 0.3 is 0 Å². The zero-order valence-electron chi connectivity index (χ0n) is 13.6. The number of aryl methyl sites for hydroxylation is 1. The highest BCUT2D eigenvalue weighted by atomic mass is 15.3. The van der Waals surface area contributed by atoms with Crippen molar-refractivity contribution in [1.29, 1.82) is 0 Å². The van der Waals surface area contributed by atoms with Gasteiger partial charge in [-0.2, -0.15) is 5.10 Å². The van der Waals surface area contributed by atoms with E-state index in [1.807, 2.05) is 0 Å². The molecule has 0 saturated carbocycles. The summed E-state index contributed by atoms with van der Waals surface area (Å²) in [5.41, 5.74) is 4.13. The molecule has 0 aliphatic heterocycles. The second-order valence-corrected chi connectivity index (χ2v) is 5.81. The molecule has 3 nitrogen and oxygen atoms in total. The Bertz CT molecular complexity index is 380. The smallest absolute Gasteiger partial charge is 0.0669 e. The minimum absolute atomic E-state index is 0.521. The molecular weight excluding hydrogens is 234 g/mol. The highest BCUT2D eigenvalue weighted by Crippen LogP contribution is 2.18. The SMILES string of the molecule is CCc1nn(CC(C)CC)c(CC)c1CNC(C)C. The van der Waals surface area contributed by atoms with Crippen LogP contribution in [0.2, 0.25) is 0 Å². The van der Waals surface area contributed by atoms with Crippen molar-refractivity contribution < 1.29 is 0 Å². The molecule has 1 heterocycles. The van der Waals surface area contributed by atoms with E-state index in [2.05, 4.69) is 51.5 Å². The van der Waals surface area contributed by atoms with Crippen LogP contribution < -0.4 is 5.32 Å². The largest absolute Gasteiger partial charge is 0.310 e. The predicted molar refractivity (Wildman–Crippen MR) is 82.4 cm³/mol. The van der Waals surface area contributed by atoms with Gasteiger partial charge in [0.05, 0.1) is 5.69 Å². The first-order valence-electron chi connectivity index (χ1n) is 7.84. The van der Waals surface area contributed by atoms with E-state index in [1.165, 1.54) is 23.4 Å². The Labute approximate surface area is 118 Å². The summed E-state index contributed by atoms with van der Waals surface area (Å²) >= 11 is 0. The van der Waals surface area contributed by atoms with Crippen LogP contribution in [0.5, 0.6) is 0 Å². The third-order valence-corrected chi connectivity index (χ3v) is 3.79. The second kappa shape index (κ2) is 7.68. The van der Waals surface area contributed by atoms with Gasteiger partial charge < -0.3 is 5.32 Å². The van der Waals surface area contributed by atoms with Crippen molar-refractivity contribution in [2.45, 2.75) is 79.9 Å². The van der Waals surface area contributed by atoms with Crippen LogP contribution in [-0.4, -0.2) is 15.8 Å². The van der Waals surface area contributed by atoms with Crippen molar-refractivity contribution in [3.05, 3.63) is 17.0 Å². The van der Waals surface area contributed by atoms with E-state index in [0.717, 1.165) is 25.9 Å². The fourth-order valence-electron chi connectivity index (χ4n) is 2.35. The van der Waals surface area contributed by atoms with Gasteiger partial charge in [-0.05, 0) is 18.8 Å². The molecule has 0 radical (unpaired) electrons. The van der Waals surface area contributed by atoms with Crippen molar-refractivity contribution in [3.63, 3.8) is 0 Å². The third kappa shape index (κ3) is 4.34. The number of hydrogen-bond donors (Lipinski definition) is 1. The summed E-state index contributed by atoms with van der Waals surface area (Å²) in [6, 6.07) is 0.521. The molecule has 0 aliphatic carbocycles. The molecule has 19 heavy (non-hydrogen) atoms. The van der Waals surface area contributed by atoms with Gasteiger partial charge in [-0.3, -0.25) is 4.68 Å². The van der Waals surface area contributed by atoms with E-state index in [-0.39, 0.29) is 0 Å². The third-order valence-electron chi connectivity index (χ3n) is 3.79. The fourth-order valence-corrected chi connectivity index (χ4v) is 2.35. The molecule has 1 atom stereocenters. The molecule has 1 unspecified atom stereocenters. The lowest BCUT2D eigenvalue weighted by molar-refractivity contribution is 0.427. The van der Waals surface area contributed by atoms with Crippen LogP contribution >= 0.6 is 0 Å². The molecule has 1 rings (SSSR count). The van der Waals surface area contributed by atoms with Crippen LogP contribution in [0.15, 0.2) is 0 Å². The zero-order chi connectivity index (χ0) is 14.4. The maximum atomic E-state index is 4.84. The molecule has 0 spiro atoms. The minimum atomic E-state index is 0.521. The average molecular weight is 265 g/mol. The van der Waals surface area contributed by atoms with Gasteiger partial charge in [-0.1, -0.05) is 48.0 Å². The Balaban J connectivity index is 2.99. The van der Waals surface area contributed by atoms with Gasteiger partial charge in [-0.25, -0.2) is 0 Å². The summed E-state index contributed by atoms with van der Waals surface area (Å²) in [4.78, 5) is 0. The van der Waals surface area contributed by atoms with Gasteiger partial charge in [0, 0.05) is 30.4 Å².